The molecular weight excluding hydrogens is 482 g/mol. The second-order valence-corrected chi connectivity index (χ2v) is 6.07. The quantitative estimate of drug-likeness (QED) is 0.129. The van der Waals surface area contributed by atoms with E-state index in [-0.39, 0.29) is 65.5 Å². The first-order valence-electron chi connectivity index (χ1n) is 9.07. The molecule has 0 saturated heterocycles. The van der Waals surface area contributed by atoms with Gasteiger partial charge in [0.2, 0.25) is 0 Å². The largest absolute Gasteiger partial charge is 0.508 e. The molecule has 4 aromatic rings. The van der Waals surface area contributed by atoms with Crippen LogP contribution < -0.4 is 0 Å². The first-order chi connectivity index (χ1) is 15.2. The molecule has 0 radical (unpaired) electrons. The van der Waals surface area contributed by atoms with Crippen LogP contribution in [-0.4, -0.2) is 40.9 Å². The third-order valence-corrected chi connectivity index (χ3v) is 3.40. The average Bonchev–Trinajstić information content (AvgIpc) is 2.78. The monoisotopic (exact) mass is 504 g/mol. The van der Waals surface area contributed by atoms with Crippen LogP contribution in [0.3, 0.4) is 0 Å². The molecule has 8 nitrogen and oxygen atoms in total. The number of benzene rings is 4. The van der Waals surface area contributed by atoms with Crippen LogP contribution in [0.4, 0.5) is 0 Å². The minimum Gasteiger partial charge on any atom is -0.508 e. The zero-order chi connectivity index (χ0) is 23.9. The van der Waals surface area contributed by atoms with Crippen LogP contribution in [0.2, 0.25) is 0 Å². The van der Waals surface area contributed by atoms with Crippen molar-refractivity contribution >= 4 is 0 Å². The Morgan fingerprint density at radius 3 is 0.333 bits per heavy atom. The van der Waals surface area contributed by atoms with Gasteiger partial charge < -0.3 is 40.9 Å². The van der Waals surface area contributed by atoms with Crippen molar-refractivity contribution in [3.8, 4) is 46.0 Å². The van der Waals surface area contributed by atoms with Gasteiger partial charge in [-0.05, 0) is 97.1 Å². The Balaban J connectivity index is 0.000000410. The Morgan fingerprint density at radius 1 is 0.212 bits per heavy atom. The van der Waals surface area contributed by atoms with E-state index in [2.05, 4.69) is 0 Å². The summed E-state index contributed by atoms with van der Waals surface area (Å²) >= 11 is 0. The van der Waals surface area contributed by atoms with Crippen molar-refractivity contribution in [2.45, 2.75) is 0 Å². The normalized spacial score (nSPS) is 8.73. The predicted octanol–water partition coefficient (Wildman–Crippen LogP) is 4.39. The number of aromatic hydroxyl groups is 8. The second kappa shape index (κ2) is 15.7. The molecule has 0 fully saturated rings. The molecule has 0 saturated carbocycles. The molecule has 0 spiro atoms. The maximum absolute atomic E-state index is 8.65. The second-order valence-electron chi connectivity index (χ2n) is 6.07. The molecule has 9 heteroatoms. The van der Waals surface area contributed by atoms with E-state index in [0.29, 0.717) is 0 Å². The number of phenols is 8. The van der Waals surface area contributed by atoms with Crippen LogP contribution in [0.5, 0.6) is 46.0 Å². The maximum atomic E-state index is 8.65. The molecule has 0 aliphatic rings. The smallest absolute Gasteiger partial charge is 0.115 e. The van der Waals surface area contributed by atoms with Crippen LogP contribution in [-0.2, 0) is 19.5 Å². The van der Waals surface area contributed by atoms with E-state index in [1.165, 1.54) is 97.1 Å². The summed E-state index contributed by atoms with van der Waals surface area (Å²) in [6.45, 7) is 0. The van der Waals surface area contributed by atoms with Crippen LogP contribution >= 0.6 is 0 Å². The van der Waals surface area contributed by atoms with Gasteiger partial charge in [0.15, 0.2) is 0 Å². The van der Waals surface area contributed by atoms with Gasteiger partial charge in [-0.25, -0.2) is 0 Å². The minimum atomic E-state index is 0. The Labute approximate surface area is 203 Å². The van der Waals surface area contributed by atoms with E-state index in [4.69, 9.17) is 40.9 Å². The topological polar surface area (TPSA) is 162 Å². The number of hydrogen-bond acceptors (Lipinski definition) is 8. The van der Waals surface area contributed by atoms with Crippen LogP contribution in [0.15, 0.2) is 97.1 Å². The maximum Gasteiger partial charge on any atom is 0.115 e. The van der Waals surface area contributed by atoms with Gasteiger partial charge in [-0.15, -0.1) is 0 Å². The Kier molecular flexibility index (Phi) is 13.7. The molecule has 0 amide bonds. The summed E-state index contributed by atoms with van der Waals surface area (Å²) in [6.07, 6.45) is 0. The molecule has 170 valence electrons. The summed E-state index contributed by atoms with van der Waals surface area (Å²) in [4.78, 5) is 0. The molecule has 33 heavy (non-hydrogen) atoms. The summed E-state index contributed by atoms with van der Waals surface area (Å²) in [5.41, 5.74) is 0. The molecule has 0 bridgehead atoms. The zero-order valence-corrected chi connectivity index (χ0v) is 20.5. The summed E-state index contributed by atoms with van der Waals surface area (Å²) < 4.78 is 0. The van der Waals surface area contributed by atoms with Gasteiger partial charge >= 0.3 is 0 Å². The molecular formula is C24H24O8Zn. The van der Waals surface area contributed by atoms with Gasteiger partial charge in [0.25, 0.3) is 0 Å². The van der Waals surface area contributed by atoms with E-state index < -0.39 is 0 Å². The number of hydrogen-bond donors (Lipinski definition) is 8. The van der Waals surface area contributed by atoms with E-state index in [0.717, 1.165) is 0 Å². The fourth-order valence-electron chi connectivity index (χ4n) is 1.81. The van der Waals surface area contributed by atoms with E-state index in [9.17, 15) is 0 Å². The van der Waals surface area contributed by atoms with Crippen molar-refractivity contribution in [3.05, 3.63) is 97.1 Å². The van der Waals surface area contributed by atoms with Crippen LogP contribution in [0.1, 0.15) is 0 Å². The van der Waals surface area contributed by atoms with E-state index in [1.807, 2.05) is 0 Å². The summed E-state index contributed by atoms with van der Waals surface area (Å²) in [5, 5.41) is 69.2. The van der Waals surface area contributed by atoms with E-state index >= 15 is 0 Å². The Bertz CT molecular complexity index is 762. The molecule has 0 atom stereocenters. The Morgan fingerprint density at radius 2 is 0.273 bits per heavy atom. The van der Waals surface area contributed by atoms with Gasteiger partial charge in [0.05, 0.1) is 0 Å². The third-order valence-electron chi connectivity index (χ3n) is 3.40. The molecule has 0 aliphatic heterocycles. The van der Waals surface area contributed by atoms with Gasteiger partial charge in [-0.1, -0.05) is 0 Å². The molecule has 0 aliphatic carbocycles. The fraction of sp³-hybridized carbons (Fsp3) is 0. The SMILES string of the molecule is Oc1ccc(O)cc1.Oc1ccc(O)cc1.Oc1ccc(O)cc1.Oc1ccc(O)cc1.[Zn]. The van der Waals surface area contributed by atoms with Gasteiger partial charge in [-0.2, -0.15) is 0 Å². The van der Waals surface area contributed by atoms with Crippen molar-refractivity contribution < 1.29 is 60.3 Å². The van der Waals surface area contributed by atoms with E-state index in [1.54, 1.807) is 0 Å². The molecule has 0 aromatic heterocycles. The summed E-state index contributed by atoms with van der Waals surface area (Å²) in [6, 6.07) is 22.8. The third kappa shape index (κ3) is 14.5. The average molecular weight is 506 g/mol. The van der Waals surface area contributed by atoms with Gasteiger partial charge in [-0.3, -0.25) is 0 Å². The number of rotatable bonds is 0. The molecule has 0 heterocycles. The van der Waals surface area contributed by atoms with Crippen molar-refractivity contribution in [3.63, 3.8) is 0 Å². The van der Waals surface area contributed by atoms with Crippen LogP contribution in [0.25, 0.3) is 0 Å². The van der Waals surface area contributed by atoms with Crippen molar-refractivity contribution in [1.29, 1.82) is 0 Å². The summed E-state index contributed by atoms with van der Waals surface area (Å²) in [5.74, 6) is 1.35. The van der Waals surface area contributed by atoms with Gasteiger partial charge in [0, 0.05) is 19.5 Å². The zero-order valence-electron chi connectivity index (χ0n) is 17.5. The predicted molar refractivity (Wildman–Crippen MR) is 119 cm³/mol. The first kappa shape index (κ1) is 28.9. The fourth-order valence-corrected chi connectivity index (χ4v) is 1.81. The van der Waals surface area contributed by atoms with Crippen molar-refractivity contribution in [2.75, 3.05) is 0 Å². The van der Waals surface area contributed by atoms with Gasteiger partial charge in [0.1, 0.15) is 46.0 Å². The molecule has 4 rings (SSSR count). The molecule has 8 N–H and O–H groups in total. The van der Waals surface area contributed by atoms with Crippen molar-refractivity contribution in [1.82, 2.24) is 0 Å². The van der Waals surface area contributed by atoms with Crippen LogP contribution in [0, 0.1) is 0 Å². The Hall–Kier alpha value is -4.10. The number of phenolic OH excluding ortho intramolecular Hbond substituents is 8. The van der Waals surface area contributed by atoms with Crippen molar-refractivity contribution in [2.24, 2.45) is 0 Å². The summed E-state index contributed by atoms with van der Waals surface area (Å²) in [7, 11) is 0. The molecule has 0 unspecified atom stereocenters. The minimum absolute atomic E-state index is 0. The first-order valence-corrected chi connectivity index (χ1v) is 9.07. The molecule has 4 aromatic carbocycles. The standard InChI is InChI=1S/4C6H6O2.Zn/c4*7-5-1-2-6(8)4-3-5;/h4*1-4,7-8H;.